The lowest BCUT2D eigenvalue weighted by atomic mass is 9.84. The Morgan fingerprint density at radius 2 is 1.85 bits per heavy atom. The molecule has 1 aliphatic carbocycles. The molecule has 2 heterocycles. The summed E-state index contributed by atoms with van der Waals surface area (Å²) >= 11 is 1.21. The molecule has 1 aliphatic heterocycles. The summed E-state index contributed by atoms with van der Waals surface area (Å²) in [6.45, 7) is 5.32. The first-order valence-corrected chi connectivity index (χ1v) is 15.6. The maximum absolute atomic E-state index is 13.7. The van der Waals surface area contributed by atoms with Gasteiger partial charge in [-0.3, -0.25) is 19.7 Å². The van der Waals surface area contributed by atoms with Gasteiger partial charge in [0.2, 0.25) is 17.7 Å². The first-order chi connectivity index (χ1) is 19.2. The van der Waals surface area contributed by atoms with Gasteiger partial charge in [0.25, 0.3) is 5.19 Å². The summed E-state index contributed by atoms with van der Waals surface area (Å²) in [6.07, 6.45) is 10.9. The lowest BCUT2D eigenvalue weighted by Crippen LogP contribution is -2.56. The van der Waals surface area contributed by atoms with Crippen molar-refractivity contribution in [3.8, 4) is 5.19 Å². The van der Waals surface area contributed by atoms with E-state index in [9.17, 15) is 19.2 Å². The number of aromatic nitrogens is 1. The highest BCUT2D eigenvalue weighted by molar-refractivity contribution is 7.11. The topological polar surface area (TPSA) is 156 Å². The molecule has 0 aromatic carbocycles. The van der Waals surface area contributed by atoms with Crippen LogP contribution in [0, 0.1) is 5.92 Å². The zero-order valence-electron chi connectivity index (χ0n) is 23.9. The van der Waals surface area contributed by atoms with Crippen molar-refractivity contribution in [3.63, 3.8) is 0 Å². The number of unbranched alkanes of at least 4 members (excludes halogenated alkanes) is 1. The molecule has 11 nitrogen and oxygen atoms in total. The van der Waals surface area contributed by atoms with Gasteiger partial charge in [-0.05, 0) is 51.0 Å². The molecule has 5 N–H and O–H groups in total. The van der Waals surface area contributed by atoms with Crippen molar-refractivity contribution in [1.29, 1.82) is 0 Å². The molecule has 12 heteroatoms. The van der Waals surface area contributed by atoms with Crippen LogP contribution in [0.2, 0.25) is 0 Å². The molecule has 0 bridgehead atoms. The van der Waals surface area contributed by atoms with Gasteiger partial charge >= 0.3 is 5.97 Å². The Kier molecular flexibility index (Phi) is 13.3. The summed E-state index contributed by atoms with van der Waals surface area (Å²) in [6, 6.07) is -1.74. The van der Waals surface area contributed by atoms with Crippen LogP contribution in [-0.4, -0.2) is 77.4 Å². The fourth-order valence-corrected chi connectivity index (χ4v) is 6.04. The molecule has 1 aromatic rings. The number of nitrogens with zero attached hydrogens (tertiary/aromatic N) is 2. The molecule has 3 amide bonds. The van der Waals surface area contributed by atoms with Crippen LogP contribution in [0.25, 0.3) is 0 Å². The zero-order valence-corrected chi connectivity index (χ0v) is 24.7. The Hall–Kier alpha value is -2.57. The summed E-state index contributed by atoms with van der Waals surface area (Å²) in [5.41, 5.74) is 5.37. The molecule has 3 atom stereocenters. The van der Waals surface area contributed by atoms with Crippen LogP contribution < -0.4 is 26.4 Å². The number of nitrogens with one attached hydrogen (secondary N) is 3. The summed E-state index contributed by atoms with van der Waals surface area (Å²) in [4.78, 5) is 57.3. The van der Waals surface area contributed by atoms with Gasteiger partial charge in [0.05, 0.1) is 12.6 Å². The largest absolute Gasteiger partial charge is 0.396 e. The van der Waals surface area contributed by atoms with Gasteiger partial charge in [-0.25, -0.2) is 9.78 Å². The van der Waals surface area contributed by atoms with E-state index in [2.05, 4.69) is 34.8 Å². The van der Waals surface area contributed by atoms with Crippen LogP contribution in [0.1, 0.15) is 84.5 Å². The van der Waals surface area contributed by atoms with Crippen LogP contribution in [0.5, 0.6) is 5.19 Å². The maximum Gasteiger partial charge on any atom is 0.335 e. The Morgan fingerprint density at radius 1 is 1.07 bits per heavy atom. The number of hydrogen-bond donors (Lipinski definition) is 4. The predicted molar refractivity (Wildman–Crippen MR) is 154 cm³/mol. The lowest BCUT2D eigenvalue weighted by molar-refractivity contribution is -0.143. The van der Waals surface area contributed by atoms with Gasteiger partial charge in [-0.2, -0.15) is 0 Å². The van der Waals surface area contributed by atoms with Gasteiger partial charge in [0.15, 0.2) is 0 Å². The number of rotatable bonds is 16. The molecule has 0 radical (unpaired) electrons. The number of primary amides is 1. The fraction of sp³-hybridized carbons (Fsp3) is 0.750. The molecular weight excluding hydrogens is 532 g/mol. The quantitative estimate of drug-likeness (QED) is 0.172. The van der Waals surface area contributed by atoms with E-state index in [1.807, 2.05) is 0 Å². The maximum atomic E-state index is 13.7. The minimum Gasteiger partial charge on any atom is -0.396 e. The Labute approximate surface area is 241 Å². The average Bonchev–Trinajstić information content (AvgIpc) is 3.62. The second-order valence-corrected chi connectivity index (χ2v) is 12.1. The number of amides is 3. The molecule has 0 spiro atoms. The number of carbonyl (C=O) groups is 4. The smallest absolute Gasteiger partial charge is 0.335 e. The predicted octanol–water partition coefficient (Wildman–Crippen LogP) is 2.11. The number of ether oxygens (including phenoxy) is 1. The normalized spacial score (nSPS) is 19.4. The second kappa shape index (κ2) is 16.6. The molecule has 3 rings (SSSR count). The Bertz CT molecular complexity index is 953. The van der Waals surface area contributed by atoms with Crippen molar-refractivity contribution in [2.75, 3.05) is 19.6 Å². The third kappa shape index (κ3) is 10.4. The van der Waals surface area contributed by atoms with Crippen LogP contribution in [0.3, 0.4) is 0 Å². The van der Waals surface area contributed by atoms with E-state index in [0.717, 1.165) is 38.6 Å². The summed E-state index contributed by atoms with van der Waals surface area (Å²) in [7, 11) is 0. The van der Waals surface area contributed by atoms with E-state index in [1.165, 1.54) is 17.8 Å². The van der Waals surface area contributed by atoms with Crippen molar-refractivity contribution in [3.05, 3.63) is 11.6 Å². The van der Waals surface area contributed by atoms with E-state index >= 15 is 0 Å². The molecule has 0 unspecified atom stereocenters. The second-order valence-electron chi connectivity index (χ2n) is 11.2. The molecule has 1 saturated carbocycles. The Morgan fingerprint density at radius 3 is 2.52 bits per heavy atom. The fourth-order valence-electron chi connectivity index (χ4n) is 5.55. The van der Waals surface area contributed by atoms with E-state index in [0.29, 0.717) is 50.6 Å². The molecule has 40 heavy (non-hydrogen) atoms. The minimum atomic E-state index is -0.848. The monoisotopic (exact) mass is 578 g/mol. The van der Waals surface area contributed by atoms with Gasteiger partial charge in [0, 0.05) is 24.2 Å². The standard InChI is InChI=1S/C28H46N6O5S/c1-19(2)30-13-7-6-11-21(27(38)39-28-31-14-16-40-28)33-25(36)23-12-8-15-34(23)26(37)22(32-18-24(29)35)17-20-9-4-3-5-10-20/h14,16,19-23,30,32H,3-13,15,17-18H2,1-2H3,(H2,29,35)(H,33,36)/t21-,22+,23-/m0/s1. The first kappa shape index (κ1) is 32.0. The van der Waals surface area contributed by atoms with Gasteiger partial charge < -0.3 is 26.0 Å². The summed E-state index contributed by atoms with van der Waals surface area (Å²) in [5, 5.41) is 11.2. The molecular formula is C28H46N6O5S. The highest BCUT2D eigenvalue weighted by Gasteiger charge is 2.39. The van der Waals surface area contributed by atoms with E-state index in [1.54, 1.807) is 16.5 Å². The van der Waals surface area contributed by atoms with Crippen LogP contribution >= 0.6 is 11.3 Å². The highest BCUT2D eigenvalue weighted by atomic mass is 32.1. The van der Waals surface area contributed by atoms with Gasteiger partial charge in [-0.15, -0.1) is 0 Å². The van der Waals surface area contributed by atoms with Crippen LogP contribution in [0.15, 0.2) is 11.6 Å². The lowest BCUT2D eigenvalue weighted by Gasteiger charge is -2.32. The molecule has 2 aliphatic rings. The number of hydrogen-bond acceptors (Lipinski definition) is 9. The van der Waals surface area contributed by atoms with Crippen molar-refractivity contribution < 1.29 is 23.9 Å². The average molecular weight is 579 g/mol. The van der Waals surface area contributed by atoms with Gasteiger partial charge in [-0.1, -0.05) is 57.3 Å². The zero-order chi connectivity index (χ0) is 28.9. The Balaban J connectivity index is 1.65. The molecule has 1 saturated heterocycles. The number of esters is 1. The summed E-state index contributed by atoms with van der Waals surface area (Å²) in [5.74, 6) is -1.24. The third-order valence-electron chi connectivity index (χ3n) is 7.62. The van der Waals surface area contributed by atoms with Crippen molar-refractivity contribution in [2.24, 2.45) is 11.7 Å². The molecule has 1 aromatic heterocycles. The molecule has 224 valence electrons. The third-order valence-corrected chi connectivity index (χ3v) is 8.27. The van der Waals surface area contributed by atoms with E-state index in [-0.39, 0.29) is 23.6 Å². The molecule has 2 fully saturated rings. The number of likely N-dealkylation sites (tertiary alicyclic amines) is 1. The van der Waals surface area contributed by atoms with E-state index in [4.69, 9.17) is 10.5 Å². The minimum absolute atomic E-state index is 0.0931. The van der Waals surface area contributed by atoms with Crippen molar-refractivity contribution >= 4 is 35.0 Å². The van der Waals surface area contributed by atoms with Gasteiger partial charge in [0.1, 0.15) is 12.1 Å². The SMILES string of the molecule is CC(C)NCCCC[C@H](NC(=O)[C@@H]1CCCN1C(=O)[C@@H](CC1CCCCC1)NCC(N)=O)C(=O)Oc1nccs1. The first-order valence-electron chi connectivity index (χ1n) is 14.7. The highest BCUT2D eigenvalue weighted by Crippen LogP contribution is 2.29. The van der Waals surface area contributed by atoms with E-state index < -0.39 is 30.0 Å². The number of nitrogens with two attached hydrogens (primary N) is 1. The van der Waals surface area contributed by atoms with Crippen LogP contribution in [-0.2, 0) is 19.2 Å². The summed E-state index contributed by atoms with van der Waals surface area (Å²) < 4.78 is 5.43. The number of carbonyl (C=O) groups excluding carboxylic acids is 4. The van der Waals surface area contributed by atoms with Crippen molar-refractivity contribution in [2.45, 2.75) is 109 Å². The number of thiazole rings is 1. The van der Waals surface area contributed by atoms with Crippen LogP contribution in [0.4, 0.5) is 0 Å². The van der Waals surface area contributed by atoms with Crippen molar-refractivity contribution in [1.82, 2.24) is 25.8 Å².